The van der Waals surface area contributed by atoms with Crippen LogP contribution >= 0.6 is 0 Å². The Kier molecular flexibility index (Phi) is 13.5. The van der Waals surface area contributed by atoms with Gasteiger partial charge in [0.25, 0.3) is 0 Å². The molecule has 2 N–H and O–H groups in total. The minimum absolute atomic E-state index is 0. The second-order valence-corrected chi connectivity index (χ2v) is 2.06. The summed E-state index contributed by atoms with van der Waals surface area (Å²) in [7, 11) is 0. The van der Waals surface area contributed by atoms with Gasteiger partial charge in [-0.1, -0.05) is 25.1 Å². The van der Waals surface area contributed by atoms with E-state index in [0.717, 1.165) is 6.42 Å². The van der Waals surface area contributed by atoms with E-state index < -0.39 is 0 Å². The van der Waals surface area contributed by atoms with Crippen molar-refractivity contribution < 1.29 is 42.9 Å². The molecule has 0 aliphatic rings. The third kappa shape index (κ3) is 10.1. The second-order valence-electron chi connectivity index (χ2n) is 2.06. The van der Waals surface area contributed by atoms with E-state index in [9.17, 15) is 0 Å². The van der Waals surface area contributed by atoms with Crippen LogP contribution in [0.1, 0.15) is 13.3 Å². The molecule has 0 aromatic heterocycles. The van der Waals surface area contributed by atoms with E-state index in [-0.39, 0.29) is 32.7 Å². The monoisotopic (exact) mass is 243 g/mol. The molecule has 0 aliphatic heterocycles. The standard InChI is InChI=1S/C6H6O.C3H8O.Y/c7-6-4-2-1-3-5-6;1-2-3-4;/h1-5,7H;4H,2-3H2,1H3;. The van der Waals surface area contributed by atoms with Crippen molar-refractivity contribution in [3.8, 4) is 5.75 Å². The predicted octanol–water partition coefficient (Wildman–Crippen LogP) is 1.78. The first kappa shape index (κ1) is 14.6. The molecule has 1 aromatic rings. The summed E-state index contributed by atoms with van der Waals surface area (Å²) in [5.74, 6) is 0.322. The predicted molar refractivity (Wildman–Crippen MR) is 45.5 cm³/mol. The molecule has 0 unspecified atom stereocenters. The Hall–Kier alpha value is 0.0839. The van der Waals surface area contributed by atoms with E-state index in [2.05, 4.69) is 0 Å². The van der Waals surface area contributed by atoms with Crippen LogP contribution in [0, 0.1) is 0 Å². The van der Waals surface area contributed by atoms with Crippen molar-refractivity contribution >= 4 is 0 Å². The van der Waals surface area contributed by atoms with Crippen molar-refractivity contribution in [2.45, 2.75) is 13.3 Å². The number of rotatable bonds is 1. The normalized spacial score (nSPS) is 7.50. The van der Waals surface area contributed by atoms with Crippen LogP contribution in [0.15, 0.2) is 30.3 Å². The summed E-state index contributed by atoms with van der Waals surface area (Å²) in [5.41, 5.74) is 0. The quantitative estimate of drug-likeness (QED) is 0.789. The number of phenols is 1. The van der Waals surface area contributed by atoms with Crippen molar-refractivity contribution in [3.05, 3.63) is 30.3 Å². The summed E-state index contributed by atoms with van der Waals surface area (Å²) in [5, 5.41) is 16.5. The van der Waals surface area contributed by atoms with Gasteiger partial charge >= 0.3 is 0 Å². The van der Waals surface area contributed by atoms with Crippen LogP contribution in [-0.4, -0.2) is 16.8 Å². The molecular weight excluding hydrogens is 229 g/mol. The molecule has 0 aliphatic carbocycles. The molecule has 2 nitrogen and oxygen atoms in total. The molecule has 1 aromatic carbocycles. The van der Waals surface area contributed by atoms with Crippen molar-refractivity contribution in [1.29, 1.82) is 0 Å². The van der Waals surface area contributed by atoms with Crippen LogP contribution in [0.5, 0.6) is 5.75 Å². The van der Waals surface area contributed by atoms with Crippen LogP contribution in [0.3, 0.4) is 0 Å². The Balaban J connectivity index is 0. The number of para-hydroxylation sites is 1. The first-order chi connectivity index (χ1) is 5.31. The molecule has 0 amide bonds. The van der Waals surface area contributed by atoms with E-state index in [1.54, 1.807) is 24.3 Å². The third-order valence-electron chi connectivity index (χ3n) is 0.980. The summed E-state index contributed by atoms with van der Waals surface area (Å²) < 4.78 is 0. The summed E-state index contributed by atoms with van der Waals surface area (Å²) >= 11 is 0. The summed E-state index contributed by atoms with van der Waals surface area (Å²) in [6.07, 6.45) is 0.875. The van der Waals surface area contributed by atoms with Gasteiger partial charge in [-0.05, 0) is 18.6 Å². The van der Waals surface area contributed by atoms with E-state index in [1.807, 2.05) is 13.0 Å². The smallest absolute Gasteiger partial charge is 0.115 e. The molecule has 12 heavy (non-hydrogen) atoms. The molecule has 3 heteroatoms. The van der Waals surface area contributed by atoms with Crippen LogP contribution in [0.25, 0.3) is 0 Å². The van der Waals surface area contributed by atoms with E-state index in [4.69, 9.17) is 10.2 Å². The first-order valence-electron chi connectivity index (χ1n) is 3.66. The zero-order valence-electron chi connectivity index (χ0n) is 7.27. The van der Waals surface area contributed by atoms with Gasteiger partial charge in [0.2, 0.25) is 0 Å². The second kappa shape index (κ2) is 11.1. The van der Waals surface area contributed by atoms with Gasteiger partial charge in [-0.2, -0.15) is 0 Å². The average molecular weight is 243 g/mol. The Bertz CT molecular complexity index is 163. The van der Waals surface area contributed by atoms with Crippen LogP contribution in [0.2, 0.25) is 0 Å². The first-order valence-corrected chi connectivity index (χ1v) is 3.66. The van der Waals surface area contributed by atoms with Gasteiger partial charge in [-0.25, -0.2) is 0 Å². The van der Waals surface area contributed by atoms with Crippen molar-refractivity contribution in [1.82, 2.24) is 0 Å². The topological polar surface area (TPSA) is 40.5 Å². The van der Waals surface area contributed by atoms with E-state index >= 15 is 0 Å². The number of hydrogen-bond acceptors (Lipinski definition) is 2. The molecular formula is C9H14O2Y. The molecule has 0 spiro atoms. The third-order valence-corrected chi connectivity index (χ3v) is 0.980. The summed E-state index contributed by atoms with van der Waals surface area (Å²) in [4.78, 5) is 0. The van der Waals surface area contributed by atoms with Gasteiger partial charge in [0, 0.05) is 39.3 Å². The molecule has 65 valence electrons. The summed E-state index contributed by atoms with van der Waals surface area (Å²) in [6.45, 7) is 2.25. The minimum Gasteiger partial charge on any atom is -0.508 e. The number of hydrogen-bond donors (Lipinski definition) is 2. The largest absolute Gasteiger partial charge is 0.508 e. The fourth-order valence-electron chi connectivity index (χ4n) is 0.428. The number of aromatic hydroxyl groups is 1. The van der Waals surface area contributed by atoms with Crippen molar-refractivity contribution in [2.24, 2.45) is 0 Å². The Labute approximate surface area is 98.5 Å². The SMILES string of the molecule is CCCO.Oc1ccccc1.[Y]. The van der Waals surface area contributed by atoms with Crippen LogP contribution in [-0.2, 0) is 32.7 Å². The van der Waals surface area contributed by atoms with Gasteiger partial charge in [-0.3, -0.25) is 0 Å². The molecule has 0 saturated carbocycles. The zero-order valence-corrected chi connectivity index (χ0v) is 10.1. The minimum atomic E-state index is 0. The summed E-state index contributed by atoms with van der Waals surface area (Å²) in [6, 6.07) is 8.71. The number of benzene rings is 1. The van der Waals surface area contributed by atoms with Crippen LogP contribution in [0.4, 0.5) is 0 Å². The fourth-order valence-corrected chi connectivity index (χ4v) is 0.428. The number of aliphatic hydroxyl groups is 1. The fraction of sp³-hybridized carbons (Fsp3) is 0.333. The Morgan fingerprint density at radius 1 is 1.17 bits per heavy atom. The van der Waals surface area contributed by atoms with Gasteiger partial charge < -0.3 is 10.2 Å². The zero-order chi connectivity index (χ0) is 8.53. The maximum atomic E-state index is 8.63. The molecule has 0 bridgehead atoms. The van der Waals surface area contributed by atoms with Gasteiger partial charge in [0.05, 0.1) is 0 Å². The molecule has 1 rings (SSSR count). The maximum absolute atomic E-state index is 8.63. The average Bonchev–Trinajstić information content (AvgIpc) is 2.07. The maximum Gasteiger partial charge on any atom is 0.115 e. The molecule has 0 heterocycles. The van der Waals surface area contributed by atoms with E-state index in [0.29, 0.717) is 12.4 Å². The number of aliphatic hydroxyl groups excluding tert-OH is 1. The Morgan fingerprint density at radius 3 is 1.75 bits per heavy atom. The van der Waals surface area contributed by atoms with Gasteiger partial charge in [0.15, 0.2) is 0 Å². The van der Waals surface area contributed by atoms with Gasteiger partial charge in [0.1, 0.15) is 5.75 Å². The molecule has 0 fully saturated rings. The van der Waals surface area contributed by atoms with Crippen LogP contribution < -0.4 is 0 Å². The van der Waals surface area contributed by atoms with Crippen molar-refractivity contribution in [3.63, 3.8) is 0 Å². The molecule has 0 saturated heterocycles. The van der Waals surface area contributed by atoms with E-state index in [1.165, 1.54) is 0 Å². The van der Waals surface area contributed by atoms with Gasteiger partial charge in [-0.15, -0.1) is 0 Å². The van der Waals surface area contributed by atoms with Crippen molar-refractivity contribution in [2.75, 3.05) is 6.61 Å². The molecule has 0 atom stereocenters. The Morgan fingerprint density at radius 2 is 1.58 bits per heavy atom. The number of phenolic OH excluding ortho intramolecular Hbond substituents is 1. The molecule has 1 radical (unpaired) electrons.